The molecule has 2 aromatic heterocycles. The summed E-state index contributed by atoms with van der Waals surface area (Å²) in [4.78, 5) is 9.49. The first-order valence-electron chi connectivity index (χ1n) is 22.5. The third-order valence-corrected chi connectivity index (χ3v) is 13.4. The minimum Gasteiger partial charge on any atom is -0.509 e. The average Bonchev–Trinajstić information content (AvgIpc) is 3.81. The third kappa shape index (κ3) is 8.17. The average molecular weight is 1020 g/mol. The van der Waals surface area contributed by atoms with Gasteiger partial charge in [0.2, 0.25) is 0 Å². The Labute approximate surface area is 395 Å². The maximum Gasteiger partial charge on any atom is 0.136 e. The number of aryl methyl sites for hydroxylation is 2. The molecule has 0 spiro atoms. The summed E-state index contributed by atoms with van der Waals surface area (Å²) >= 11 is 0. The summed E-state index contributed by atoms with van der Waals surface area (Å²) in [7, 11) is 0. The van der Waals surface area contributed by atoms with E-state index < -0.39 is 0 Å². The van der Waals surface area contributed by atoms with Gasteiger partial charge in [-0.05, 0) is 130 Å². The van der Waals surface area contributed by atoms with Crippen LogP contribution in [0.2, 0.25) is 0 Å². The number of ether oxygens (including phenoxy) is 1. The summed E-state index contributed by atoms with van der Waals surface area (Å²) in [6.45, 7) is 27.3. The van der Waals surface area contributed by atoms with Crippen LogP contribution in [0.3, 0.4) is 0 Å². The molecule has 0 saturated heterocycles. The molecule has 6 heteroatoms. The van der Waals surface area contributed by atoms with Crippen molar-refractivity contribution in [2.45, 2.75) is 105 Å². The zero-order chi connectivity index (χ0) is 44.4. The van der Waals surface area contributed by atoms with Crippen LogP contribution in [0, 0.1) is 32.6 Å². The van der Waals surface area contributed by atoms with Crippen LogP contribution in [0.1, 0.15) is 103 Å². The van der Waals surface area contributed by atoms with Gasteiger partial charge in [0.25, 0.3) is 0 Å². The van der Waals surface area contributed by atoms with E-state index in [0.29, 0.717) is 11.5 Å². The van der Waals surface area contributed by atoms with E-state index in [1.54, 1.807) is 0 Å². The second kappa shape index (κ2) is 17.1. The number of anilines is 4. The van der Waals surface area contributed by atoms with Gasteiger partial charge in [-0.3, -0.25) is 0 Å². The SMILES string of the molecule is CCC(C)(CC)c1cc(C)c(-c2ccnc(-n3c4[c-]c(Oc5[c-]c(N6[CH-]N(c7cc(C(C)(C)C)cc(C(C)(C)C)c7)c7ccccc76)ccc5)ccc4c4ccccc43)c2)c(C)c1.[Pt]. The largest absolute Gasteiger partial charge is 0.509 e. The molecule has 0 unspecified atom stereocenters. The van der Waals surface area contributed by atoms with Gasteiger partial charge >= 0.3 is 0 Å². The fraction of sp³-hybridized carbons (Fsp3) is 0.276. The summed E-state index contributed by atoms with van der Waals surface area (Å²) in [5.41, 5.74) is 15.4. The standard InChI is InChI=1S/C58H59N4O.Pt/c1-12-58(11,13-2)43-29-38(3)55(39(4)30-43)40-27-28-59-54(31-40)62-50-22-15-14-21-48(50)49-26-25-47(36-53(49)62)63-46-20-18-19-44(35-46)60-37-61(52-24-17-16-23-51(52)60)45-33-41(56(5,6)7)32-42(34-45)57(8,9)10;/h14-34,37H,12-13H2,1-11H3;/q-3;. The summed E-state index contributed by atoms with van der Waals surface area (Å²) in [6, 6.07) is 50.7. The molecule has 6 aromatic carbocycles. The Kier molecular flexibility index (Phi) is 12.0. The molecule has 3 heterocycles. The Balaban J connectivity index is 0.00000560. The van der Waals surface area contributed by atoms with Crippen LogP contribution in [0.5, 0.6) is 11.5 Å². The van der Waals surface area contributed by atoms with Crippen LogP contribution in [0.25, 0.3) is 38.8 Å². The molecule has 64 heavy (non-hydrogen) atoms. The first kappa shape index (κ1) is 44.9. The van der Waals surface area contributed by atoms with Gasteiger partial charge in [-0.25, -0.2) is 4.98 Å². The molecule has 0 radical (unpaired) electrons. The first-order chi connectivity index (χ1) is 30.1. The minimum atomic E-state index is -0.000167. The molecule has 0 atom stereocenters. The predicted molar refractivity (Wildman–Crippen MR) is 264 cm³/mol. The molecule has 8 aromatic rings. The van der Waals surface area contributed by atoms with Crippen molar-refractivity contribution in [3.63, 3.8) is 0 Å². The molecule has 5 nitrogen and oxygen atoms in total. The summed E-state index contributed by atoms with van der Waals surface area (Å²) in [5, 5.41) is 2.23. The fourth-order valence-corrected chi connectivity index (χ4v) is 9.17. The van der Waals surface area contributed by atoms with Crippen molar-refractivity contribution in [2.75, 3.05) is 9.80 Å². The number of pyridine rings is 1. The quantitative estimate of drug-likeness (QED) is 0.135. The zero-order valence-corrected chi connectivity index (χ0v) is 41.4. The van der Waals surface area contributed by atoms with Crippen molar-refractivity contribution in [1.82, 2.24) is 9.55 Å². The second-order valence-electron chi connectivity index (χ2n) is 19.7. The second-order valence-corrected chi connectivity index (χ2v) is 19.7. The Morgan fingerprint density at radius 3 is 1.89 bits per heavy atom. The van der Waals surface area contributed by atoms with E-state index in [-0.39, 0.29) is 37.3 Å². The minimum absolute atomic E-state index is 0. The van der Waals surface area contributed by atoms with Crippen LogP contribution >= 0.6 is 0 Å². The third-order valence-electron chi connectivity index (χ3n) is 13.4. The number of aromatic nitrogens is 2. The molecule has 1 aliphatic heterocycles. The van der Waals surface area contributed by atoms with Gasteiger partial charge in [0.1, 0.15) is 5.82 Å². The van der Waals surface area contributed by atoms with Gasteiger partial charge in [-0.1, -0.05) is 116 Å². The maximum absolute atomic E-state index is 6.66. The molecule has 330 valence electrons. The topological polar surface area (TPSA) is 33.5 Å². The number of nitrogens with zero attached hydrogens (tertiary/aromatic N) is 4. The Hall–Kier alpha value is -5.64. The van der Waals surface area contributed by atoms with E-state index in [4.69, 9.17) is 9.72 Å². The molecule has 0 saturated carbocycles. The van der Waals surface area contributed by atoms with Crippen molar-refractivity contribution in [3.8, 4) is 28.4 Å². The van der Waals surface area contributed by atoms with E-state index in [9.17, 15) is 0 Å². The maximum atomic E-state index is 6.66. The number of fused-ring (bicyclic) bond motifs is 4. The van der Waals surface area contributed by atoms with E-state index in [1.165, 1.54) is 33.4 Å². The molecule has 0 amide bonds. The normalized spacial score (nSPS) is 13.1. The number of hydrogen-bond acceptors (Lipinski definition) is 4. The molecule has 0 N–H and O–H groups in total. The molecule has 0 fully saturated rings. The fourth-order valence-electron chi connectivity index (χ4n) is 9.17. The van der Waals surface area contributed by atoms with Gasteiger partial charge in [-0.15, -0.1) is 48.1 Å². The molecule has 0 bridgehead atoms. The summed E-state index contributed by atoms with van der Waals surface area (Å²) in [6.07, 6.45) is 4.15. The van der Waals surface area contributed by atoms with Gasteiger partial charge in [-0.2, -0.15) is 12.1 Å². The van der Waals surface area contributed by atoms with Crippen molar-refractivity contribution < 1.29 is 25.8 Å². The van der Waals surface area contributed by atoms with Crippen molar-refractivity contribution in [1.29, 1.82) is 0 Å². The molecule has 1 aliphatic rings. The van der Waals surface area contributed by atoms with Crippen LogP contribution < -0.4 is 14.5 Å². The van der Waals surface area contributed by atoms with Crippen LogP contribution in [-0.2, 0) is 37.3 Å². The first-order valence-corrected chi connectivity index (χ1v) is 22.5. The summed E-state index contributed by atoms with van der Waals surface area (Å²) in [5.74, 6) is 2.05. The van der Waals surface area contributed by atoms with Gasteiger partial charge in [0, 0.05) is 61.3 Å². The predicted octanol–water partition coefficient (Wildman–Crippen LogP) is 15.9. The smallest absolute Gasteiger partial charge is 0.136 e. The molecule has 0 aliphatic carbocycles. The van der Waals surface area contributed by atoms with Crippen molar-refractivity contribution >= 4 is 44.6 Å². The van der Waals surface area contributed by atoms with Crippen molar-refractivity contribution in [2.24, 2.45) is 0 Å². The van der Waals surface area contributed by atoms with E-state index >= 15 is 0 Å². The van der Waals surface area contributed by atoms with Gasteiger partial charge in [0.15, 0.2) is 0 Å². The number of rotatable bonds is 9. The van der Waals surface area contributed by atoms with Gasteiger partial charge < -0.3 is 19.1 Å². The number of hydrogen-bond donors (Lipinski definition) is 0. The summed E-state index contributed by atoms with van der Waals surface area (Å²) < 4.78 is 8.88. The van der Waals surface area contributed by atoms with Gasteiger partial charge in [0.05, 0.1) is 0 Å². The molecule has 9 rings (SSSR count). The van der Waals surface area contributed by atoms with E-state index in [0.717, 1.165) is 68.8 Å². The number of para-hydroxylation sites is 3. The van der Waals surface area contributed by atoms with E-state index in [1.807, 2.05) is 24.4 Å². The van der Waals surface area contributed by atoms with Crippen LogP contribution in [-0.4, -0.2) is 9.55 Å². The zero-order valence-electron chi connectivity index (χ0n) is 39.1. The Bertz CT molecular complexity index is 2960. The van der Waals surface area contributed by atoms with E-state index in [2.05, 4.69) is 212 Å². The molecular formula is C58H59N4OPt-3. The molecular weight excluding hydrogens is 964 g/mol. The Morgan fingerprint density at radius 2 is 1.23 bits per heavy atom. The number of benzene rings is 6. The van der Waals surface area contributed by atoms with Crippen LogP contribution in [0.15, 0.2) is 128 Å². The Morgan fingerprint density at radius 1 is 0.609 bits per heavy atom. The van der Waals surface area contributed by atoms with Crippen LogP contribution in [0.4, 0.5) is 22.7 Å². The monoisotopic (exact) mass is 1020 g/mol. The van der Waals surface area contributed by atoms with Crippen molar-refractivity contribution in [3.05, 3.63) is 174 Å².